The van der Waals surface area contributed by atoms with Crippen molar-refractivity contribution in [2.45, 2.75) is 18.0 Å². The minimum absolute atomic E-state index is 0.0189. The highest BCUT2D eigenvalue weighted by atomic mass is 32.2. The van der Waals surface area contributed by atoms with E-state index in [9.17, 15) is 18.0 Å². The lowest BCUT2D eigenvalue weighted by Crippen LogP contribution is -2.23. The van der Waals surface area contributed by atoms with Gasteiger partial charge in [0.2, 0.25) is 10.0 Å². The quantitative estimate of drug-likeness (QED) is 0.492. The first-order valence-electron chi connectivity index (χ1n) is 9.24. The standard InChI is InChI=1S/C22H21N3O5S/c23-21(26)19-9-1-2-10-20(19)30-14-16-6-3-7-17(11-16)22(27)25-13-15-5-4-8-18(12-15)31(24,28)29/h1-12H,13-14H2,(H2,23,26)(H,25,27)(H2,24,28,29). The van der Waals surface area contributed by atoms with Crippen LogP contribution in [0, 0.1) is 0 Å². The molecule has 0 heterocycles. The van der Waals surface area contributed by atoms with Crippen molar-refractivity contribution in [1.82, 2.24) is 5.32 Å². The highest BCUT2D eigenvalue weighted by Gasteiger charge is 2.11. The largest absolute Gasteiger partial charge is 0.488 e. The number of ether oxygens (including phenoxy) is 1. The fourth-order valence-electron chi connectivity index (χ4n) is 2.88. The predicted molar refractivity (Wildman–Crippen MR) is 115 cm³/mol. The van der Waals surface area contributed by atoms with Gasteiger partial charge < -0.3 is 15.8 Å². The van der Waals surface area contributed by atoms with Gasteiger partial charge in [0.05, 0.1) is 10.5 Å². The van der Waals surface area contributed by atoms with Crippen LogP contribution in [0.5, 0.6) is 5.75 Å². The van der Waals surface area contributed by atoms with Crippen molar-refractivity contribution in [2.24, 2.45) is 10.9 Å². The molecular formula is C22H21N3O5S. The van der Waals surface area contributed by atoms with Crippen molar-refractivity contribution in [1.29, 1.82) is 0 Å². The number of carbonyl (C=O) groups excluding carboxylic acids is 2. The average Bonchev–Trinajstić information content (AvgIpc) is 2.76. The van der Waals surface area contributed by atoms with Crippen LogP contribution >= 0.6 is 0 Å². The topological polar surface area (TPSA) is 142 Å². The van der Waals surface area contributed by atoms with E-state index in [0.29, 0.717) is 16.9 Å². The summed E-state index contributed by atoms with van der Waals surface area (Å²) in [4.78, 5) is 24.0. The molecule has 3 aromatic rings. The fraction of sp³-hybridized carbons (Fsp3) is 0.0909. The molecule has 0 radical (unpaired) electrons. The molecule has 3 rings (SSSR count). The number of primary sulfonamides is 1. The Morgan fingerprint density at radius 2 is 1.61 bits per heavy atom. The van der Waals surface area contributed by atoms with E-state index < -0.39 is 15.9 Å². The number of amides is 2. The highest BCUT2D eigenvalue weighted by Crippen LogP contribution is 2.19. The van der Waals surface area contributed by atoms with Gasteiger partial charge in [-0.2, -0.15) is 0 Å². The molecule has 0 atom stereocenters. The fourth-order valence-corrected chi connectivity index (χ4v) is 3.46. The number of carbonyl (C=O) groups is 2. The molecule has 2 amide bonds. The van der Waals surface area contributed by atoms with Gasteiger partial charge in [-0.15, -0.1) is 0 Å². The number of nitrogens with one attached hydrogen (secondary N) is 1. The van der Waals surface area contributed by atoms with E-state index >= 15 is 0 Å². The molecule has 3 aromatic carbocycles. The zero-order valence-electron chi connectivity index (χ0n) is 16.4. The van der Waals surface area contributed by atoms with Gasteiger partial charge in [-0.1, -0.05) is 36.4 Å². The summed E-state index contributed by atoms with van der Waals surface area (Å²) in [6, 6.07) is 19.5. The van der Waals surface area contributed by atoms with Crippen molar-refractivity contribution < 1.29 is 22.7 Å². The van der Waals surface area contributed by atoms with Crippen molar-refractivity contribution in [3.05, 3.63) is 95.1 Å². The van der Waals surface area contributed by atoms with Gasteiger partial charge in [0.25, 0.3) is 11.8 Å². The van der Waals surface area contributed by atoms with E-state index in [2.05, 4.69) is 5.32 Å². The van der Waals surface area contributed by atoms with Crippen LogP contribution in [0.4, 0.5) is 0 Å². The third kappa shape index (κ3) is 5.91. The summed E-state index contributed by atoms with van der Waals surface area (Å²) in [6.07, 6.45) is 0. The van der Waals surface area contributed by atoms with Gasteiger partial charge >= 0.3 is 0 Å². The molecule has 0 fully saturated rings. The van der Waals surface area contributed by atoms with Crippen LogP contribution in [-0.4, -0.2) is 20.2 Å². The summed E-state index contributed by atoms with van der Waals surface area (Å²) in [5, 5.41) is 7.88. The molecule has 0 saturated heterocycles. The lowest BCUT2D eigenvalue weighted by Gasteiger charge is -2.11. The number of hydrogen-bond acceptors (Lipinski definition) is 5. The van der Waals surface area contributed by atoms with Crippen LogP contribution < -0.4 is 20.9 Å². The maximum Gasteiger partial charge on any atom is 0.252 e. The zero-order chi connectivity index (χ0) is 22.4. The summed E-state index contributed by atoms with van der Waals surface area (Å²) >= 11 is 0. The maximum absolute atomic E-state index is 12.5. The smallest absolute Gasteiger partial charge is 0.252 e. The Morgan fingerprint density at radius 3 is 2.35 bits per heavy atom. The normalized spacial score (nSPS) is 11.0. The third-order valence-corrected chi connectivity index (χ3v) is 5.33. The second kappa shape index (κ2) is 9.41. The first-order valence-corrected chi connectivity index (χ1v) is 10.8. The van der Waals surface area contributed by atoms with Gasteiger partial charge in [-0.05, 0) is 47.5 Å². The van der Waals surface area contributed by atoms with Crippen LogP contribution in [0.1, 0.15) is 31.8 Å². The molecule has 9 heteroatoms. The minimum Gasteiger partial charge on any atom is -0.488 e. The lowest BCUT2D eigenvalue weighted by atomic mass is 10.1. The van der Waals surface area contributed by atoms with Gasteiger partial charge in [-0.25, -0.2) is 13.6 Å². The maximum atomic E-state index is 12.5. The molecular weight excluding hydrogens is 418 g/mol. The summed E-state index contributed by atoms with van der Waals surface area (Å²) < 4.78 is 28.6. The Morgan fingerprint density at radius 1 is 0.903 bits per heavy atom. The van der Waals surface area contributed by atoms with Crippen molar-refractivity contribution in [2.75, 3.05) is 0 Å². The van der Waals surface area contributed by atoms with Crippen molar-refractivity contribution in [3.8, 4) is 5.75 Å². The monoisotopic (exact) mass is 439 g/mol. The first-order chi connectivity index (χ1) is 14.7. The Labute approximate surface area is 179 Å². The van der Waals surface area contributed by atoms with Gasteiger partial charge in [-0.3, -0.25) is 9.59 Å². The Balaban J connectivity index is 1.65. The second-order valence-corrected chi connectivity index (χ2v) is 8.29. The van der Waals surface area contributed by atoms with Crippen LogP contribution in [0.2, 0.25) is 0 Å². The van der Waals surface area contributed by atoms with Crippen molar-refractivity contribution in [3.63, 3.8) is 0 Å². The number of para-hydroxylation sites is 1. The van der Waals surface area contributed by atoms with Gasteiger partial charge in [0, 0.05) is 12.1 Å². The number of sulfonamides is 1. The number of nitrogens with two attached hydrogens (primary N) is 2. The minimum atomic E-state index is -3.81. The molecule has 0 saturated carbocycles. The van der Waals surface area contributed by atoms with Gasteiger partial charge in [0.1, 0.15) is 12.4 Å². The molecule has 0 bridgehead atoms. The van der Waals surface area contributed by atoms with Crippen LogP contribution in [0.3, 0.4) is 0 Å². The zero-order valence-corrected chi connectivity index (χ0v) is 17.3. The number of rotatable bonds is 8. The van der Waals surface area contributed by atoms with Crippen LogP contribution in [0.15, 0.2) is 77.7 Å². The number of hydrogen-bond donors (Lipinski definition) is 3. The molecule has 0 aromatic heterocycles. The molecule has 5 N–H and O–H groups in total. The number of primary amides is 1. The van der Waals surface area contributed by atoms with E-state index in [1.807, 2.05) is 0 Å². The predicted octanol–water partition coefficient (Wildman–Crippen LogP) is 1.94. The van der Waals surface area contributed by atoms with Crippen molar-refractivity contribution >= 4 is 21.8 Å². The van der Waals surface area contributed by atoms with E-state index in [0.717, 1.165) is 5.56 Å². The summed E-state index contributed by atoms with van der Waals surface area (Å²) in [7, 11) is -3.81. The Kier molecular flexibility index (Phi) is 6.68. The molecule has 0 aliphatic carbocycles. The van der Waals surface area contributed by atoms with E-state index in [1.165, 1.54) is 12.1 Å². The molecule has 0 spiro atoms. The Hall–Kier alpha value is -3.69. The molecule has 160 valence electrons. The molecule has 0 aliphatic rings. The molecule has 0 unspecified atom stereocenters. The average molecular weight is 439 g/mol. The molecule has 31 heavy (non-hydrogen) atoms. The lowest BCUT2D eigenvalue weighted by molar-refractivity contribution is 0.0949. The summed E-state index contributed by atoms with van der Waals surface area (Å²) in [6.45, 7) is 0.275. The van der Waals surface area contributed by atoms with Gasteiger partial charge in [0.15, 0.2) is 0 Å². The summed E-state index contributed by atoms with van der Waals surface area (Å²) in [5.74, 6) is -0.560. The van der Waals surface area contributed by atoms with E-state index in [1.54, 1.807) is 60.7 Å². The number of benzene rings is 3. The van der Waals surface area contributed by atoms with E-state index in [-0.39, 0.29) is 29.5 Å². The SMILES string of the molecule is NC(=O)c1ccccc1OCc1cccc(C(=O)NCc2cccc(S(N)(=O)=O)c2)c1. The third-order valence-electron chi connectivity index (χ3n) is 4.42. The molecule has 0 aliphatic heterocycles. The van der Waals surface area contributed by atoms with E-state index in [4.69, 9.17) is 15.6 Å². The van der Waals surface area contributed by atoms with Crippen LogP contribution in [0.25, 0.3) is 0 Å². The second-order valence-electron chi connectivity index (χ2n) is 6.72. The van der Waals surface area contributed by atoms with Crippen LogP contribution in [-0.2, 0) is 23.2 Å². The summed E-state index contributed by atoms with van der Waals surface area (Å²) in [5.41, 5.74) is 7.36. The first kappa shape index (κ1) is 22.0. The molecule has 8 nitrogen and oxygen atoms in total. The Bertz CT molecular complexity index is 1230. The highest BCUT2D eigenvalue weighted by molar-refractivity contribution is 7.89.